The number of carboxylic acids is 1. The predicted molar refractivity (Wildman–Crippen MR) is 108 cm³/mol. The van der Waals surface area contributed by atoms with Gasteiger partial charge in [0.1, 0.15) is 11.8 Å². The number of fused-ring (bicyclic) bond motifs is 1. The highest BCUT2D eigenvalue weighted by Gasteiger charge is 2.25. The Morgan fingerprint density at radius 3 is 2.63 bits per heavy atom. The SMILES string of the molecule is N#Cc1c(Sc2cccc(C(=O)O)c2F)c2ccc(Cl)c(F)c2n1-c1cccnc1. The first-order chi connectivity index (χ1) is 14.4. The Kier molecular flexibility index (Phi) is 5.16. The van der Waals surface area contributed by atoms with Gasteiger partial charge in [0.15, 0.2) is 11.6 Å². The normalized spacial score (nSPS) is 10.9. The molecular weight excluding hydrogens is 432 g/mol. The lowest BCUT2D eigenvalue weighted by molar-refractivity contribution is 0.0691. The summed E-state index contributed by atoms with van der Waals surface area (Å²) >= 11 is 6.82. The third kappa shape index (κ3) is 3.18. The monoisotopic (exact) mass is 441 g/mol. The molecule has 2 aromatic carbocycles. The van der Waals surface area contributed by atoms with Crippen LogP contribution in [0.5, 0.6) is 0 Å². The molecule has 2 heterocycles. The van der Waals surface area contributed by atoms with Crippen LogP contribution in [0.3, 0.4) is 0 Å². The van der Waals surface area contributed by atoms with Gasteiger partial charge < -0.3 is 5.11 Å². The van der Waals surface area contributed by atoms with E-state index in [-0.39, 0.29) is 26.0 Å². The van der Waals surface area contributed by atoms with Gasteiger partial charge in [-0.15, -0.1) is 0 Å². The highest BCUT2D eigenvalue weighted by atomic mass is 35.5. The van der Waals surface area contributed by atoms with E-state index in [9.17, 15) is 19.6 Å². The number of benzene rings is 2. The minimum Gasteiger partial charge on any atom is -0.478 e. The van der Waals surface area contributed by atoms with Gasteiger partial charge in [0.05, 0.1) is 32.9 Å². The van der Waals surface area contributed by atoms with Crippen molar-refractivity contribution in [2.45, 2.75) is 9.79 Å². The van der Waals surface area contributed by atoms with Gasteiger partial charge in [-0.3, -0.25) is 9.55 Å². The van der Waals surface area contributed by atoms with E-state index >= 15 is 4.39 Å². The molecule has 0 spiro atoms. The number of nitriles is 1. The maximum Gasteiger partial charge on any atom is 0.338 e. The summed E-state index contributed by atoms with van der Waals surface area (Å²) in [4.78, 5) is 15.5. The molecule has 0 atom stereocenters. The molecular formula is C21H10ClF2N3O2S. The fraction of sp³-hybridized carbons (Fsp3) is 0. The molecule has 0 bridgehead atoms. The molecule has 4 aromatic rings. The molecule has 1 N–H and O–H groups in total. The molecule has 0 aliphatic carbocycles. The van der Waals surface area contributed by atoms with Crippen molar-refractivity contribution >= 4 is 40.2 Å². The Balaban J connectivity index is 2.03. The maximum absolute atomic E-state index is 15.0. The molecule has 0 aliphatic rings. The lowest BCUT2D eigenvalue weighted by atomic mass is 10.2. The van der Waals surface area contributed by atoms with Crippen LogP contribution in [-0.2, 0) is 0 Å². The first kappa shape index (κ1) is 19.9. The number of hydrogen-bond acceptors (Lipinski definition) is 4. The number of aromatic carboxylic acids is 1. The third-order valence-corrected chi connectivity index (χ3v) is 5.84. The molecule has 0 amide bonds. The summed E-state index contributed by atoms with van der Waals surface area (Å²) < 4.78 is 31.1. The summed E-state index contributed by atoms with van der Waals surface area (Å²) in [6.07, 6.45) is 2.99. The quantitative estimate of drug-likeness (QED) is 0.441. The summed E-state index contributed by atoms with van der Waals surface area (Å²) in [7, 11) is 0. The standard InChI is InChI=1S/C21H10ClF2N3O2S/c22-14-7-6-13-19(18(14)24)27(11-3-2-8-26-10-11)15(9-25)20(13)30-16-5-1-4-12(17(16)23)21(28)29/h1-8,10H,(H,28,29). The van der Waals surface area contributed by atoms with E-state index in [1.54, 1.807) is 12.1 Å². The highest BCUT2D eigenvalue weighted by Crippen LogP contribution is 2.42. The van der Waals surface area contributed by atoms with E-state index in [0.29, 0.717) is 11.1 Å². The van der Waals surface area contributed by atoms with Crippen molar-refractivity contribution in [3.05, 3.63) is 82.8 Å². The van der Waals surface area contributed by atoms with E-state index in [0.717, 1.165) is 17.8 Å². The number of halogens is 3. The van der Waals surface area contributed by atoms with Crippen LogP contribution in [0.25, 0.3) is 16.6 Å². The fourth-order valence-electron chi connectivity index (χ4n) is 3.10. The van der Waals surface area contributed by atoms with Crippen LogP contribution in [0.15, 0.2) is 64.6 Å². The van der Waals surface area contributed by atoms with Gasteiger partial charge in [-0.1, -0.05) is 29.4 Å². The third-order valence-electron chi connectivity index (χ3n) is 4.39. The lowest BCUT2D eigenvalue weighted by Crippen LogP contribution is -2.01. The van der Waals surface area contributed by atoms with E-state index in [1.807, 2.05) is 6.07 Å². The summed E-state index contributed by atoms with van der Waals surface area (Å²) in [5.74, 6) is -3.08. The van der Waals surface area contributed by atoms with Crippen LogP contribution in [0, 0.1) is 23.0 Å². The molecule has 0 radical (unpaired) electrons. The average Bonchev–Trinajstić information content (AvgIpc) is 3.06. The van der Waals surface area contributed by atoms with Gasteiger partial charge in [0, 0.05) is 16.5 Å². The number of nitrogens with zero attached hydrogens (tertiary/aromatic N) is 3. The number of carbonyl (C=O) groups is 1. The van der Waals surface area contributed by atoms with Crippen LogP contribution in [0.4, 0.5) is 8.78 Å². The molecule has 0 aliphatic heterocycles. The second kappa shape index (κ2) is 7.78. The minimum atomic E-state index is -1.41. The van der Waals surface area contributed by atoms with Crippen molar-refractivity contribution in [3.8, 4) is 11.8 Å². The second-order valence-electron chi connectivity index (χ2n) is 6.12. The van der Waals surface area contributed by atoms with Gasteiger partial charge in [-0.25, -0.2) is 13.6 Å². The van der Waals surface area contributed by atoms with Crippen LogP contribution < -0.4 is 0 Å². The Morgan fingerprint density at radius 2 is 1.97 bits per heavy atom. The molecule has 5 nitrogen and oxygen atoms in total. The van der Waals surface area contributed by atoms with E-state index in [2.05, 4.69) is 4.98 Å². The van der Waals surface area contributed by atoms with Crippen molar-refractivity contribution < 1.29 is 18.7 Å². The van der Waals surface area contributed by atoms with Crippen molar-refractivity contribution in [2.75, 3.05) is 0 Å². The summed E-state index contributed by atoms with van der Waals surface area (Å²) in [6, 6.07) is 12.1. The highest BCUT2D eigenvalue weighted by molar-refractivity contribution is 7.99. The number of rotatable bonds is 4. The fourth-order valence-corrected chi connectivity index (χ4v) is 4.32. The molecule has 9 heteroatoms. The van der Waals surface area contributed by atoms with Crippen LogP contribution in [0.2, 0.25) is 5.02 Å². The van der Waals surface area contributed by atoms with E-state index < -0.39 is 23.2 Å². The number of pyridine rings is 1. The predicted octanol–water partition coefficient (Wildman–Crippen LogP) is 5.68. The second-order valence-corrected chi connectivity index (χ2v) is 7.58. The Labute approximate surface area is 178 Å². The largest absolute Gasteiger partial charge is 0.478 e. The molecule has 30 heavy (non-hydrogen) atoms. The zero-order valence-corrected chi connectivity index (χ0v) is 16.5. The summed E-state index contributed by atoms with van der Waals surface area (Å²) in [6.45, 7) is 0. The van der Waals surface area contributed by atoms with Gasteiger partial charge in [-0.2, -0.15) is 5.26 Å². The Hall–Kier alpha value is -3.41. The van der Waals surface area contributed by atoms with Crippen molar-refractivity contribution in [1.29, 1.82) is 5.26 Å². The molecule has 0 saturated heterocycles. The topological polar surface area (TPSA) is 78.9 Å². The lowest BCUT2D eigenvalue weighted by Gasteiger charge is -2.08. The van der Waals surface area contributed by atoms with Crippen molar-refractivity contribution in [1.82, 2.24) is 9.55 Å². The molecule has 4 rings (SSSR count). The van der Waals surface area contributed by atoms with Gasteiger partial charge in [0.25, 0.3) is 0 Å². The number of carboxylic acid groups (broad SMARTS) is 1. The average molecular weight is 442 g/mol. The zero-order valence-electron chi connectivity index (χ0n) is 14.9. The van der Waals surface area contributed by atoms with Crippen LogP contribution in [0.1, 0.15) is 16.1 Å². The number of aromatic nitrogens is 2. The van der Waals surface area contributed by atoms with E-state index in [4.69, 9.17) is 11.6 Å². The molecule has 2 aromatic heterocycles. The summed E-state index contributed by atoms with van der Waals surface area (Å²) in [5.41, 5.74) is 0.0178. The van der Waals surface area contributed by atoms with Gasteiger partial charge >= 0.3 is 5.97 Å². The molecule has 0 saturated carbocycles. The van der Waals surface area contributed by atoms with E-state index in [1.165, 1.54) is 41.2 Å². The minimum absolute atomic E-state index is 0.00741. The smallest absolute Gasteiger partial charge is 0.338 e. The first-order valence-electron chi connectivity index (χ1n) is 8.46. The van der Waals surface area contributed by atoms with Crippen molar-refractivity contribution in [3.63, 3.8) is 0 Å². The molecule has 148 valence electrons. The molecule has 0 fully saturated rings. The Bertz CT molecular complexity index is 1350. The first-order valence-corrected chi connectivity index (χ1v) is 9.66. The Morgan fingerprint density at radius 1 is 1.17 bits per heavy atom. The van der Waals surface area contributed by atoms with Gasteiger partial charge in [-0.05, 0) is 36.4 Å². The maximum atomic E-state index is 15.0. The van der Waals surface area contributed by atoms with Gasteiger partial charge in [0.2, 0.25) is 0 Å². The summed E-state index contributed by atoms with van der Waals surface area (Å²) in [5, 5.41) is 19.2. The molecule has 0 unspecified atom stereocenters. The van der Waals surface area contributed by atoms with Crippen LogP contribution >= 0.6 is 23.4 Å². The zero-order chi connectivity index (χ0) is 21.4. The van der Waals surface area contributed by atoms with Crippen molar-refractivity contribution in [2.24, 2.45) is 0 Å². The number of hydrogen-bond donors (Lipinski definition) is 1. The van der Waals surface area contributed by atoms with Crippen LogP contribution in [-0.4, -0.2) is 20.6 Å².